The Labute approximate surface area is 348 Å². The first-order valence-electron chi connectivity index (χ1n) is 20.6. The van der Waals surface area contributed by atoms with Crippen molar-refractivity contribution in [2.24, 2.45) is 28.7 Å². The van der Waals surface area contributed by atoms with Crippen molar-refractivity contribution in [3.05, 3.63) is 47.0 Å². The number of thiol groups is 1. The van der Waals surface area contributed by atoms with Crippen LogP contribution in [0.4, 0.5) is 0 Å². The van der Waals surface area contributed by atoms with Gasteiger partial charge in [-0.05, 0) is 55.7 Å². The van der Waals surface area contributed by atoms with Crippen LogP contribution in [0.15, 0.2) is 46.4 Å². The molecule has 0 aromatic heterocycles. The second kappa shape index (κ2) is 22.5. The van der Waals surface area contributed by atoms with Crippen molar-refractivity contribution >= 4 is 46.0 Å². The molecule has 0 radical (unpaired) electrons. The van der Waals surface area contributed by atoms with Gasteiger partial charge in [0.2, 0.25) is 23.6 Å². The van der Waals surface area contributed by atoms with E-state index in [4.69, 9.17) is 9.47 Å². The van der Waals surface area contributed by atoms with Crippen molar-refractivity contribution < 1.29 is 38.6 Å². The van der Waals surface area contributed by atoms with E-state index in [0.29, 0.717) is 18.7 Å². The van der Waals surface area contributed by atoms with Crippen molar-refractivity contribution in [1.29, 1.82) is 0 Å². The number of nitrogens with one attached hydrogen (secondary N) is 2. The molecular formula is C43H70N6O8S. The zero-order valence-electron chi connectivity index (χ0n) is 36.7. The molecule has 2 heterocycles. The summed E-state index contributed by atoms with van der Waals surface area (Å²) in [5.41, 5.74) is 2.56. The van der Waals surface area contributed by atoms with E-state index in [1.54, 1.807) is 48.9 Å². The molecule has 0 aliphatic carbocycles. The molecule has 1 unspecified atom stereocenters. The number of methoxy groups -OCH3 is 2. The molecule has 4 amide bonds. The topological polar surface area (TPSA) is 170 Å². The Hall–Kier alpha value is -3.79. The van der Waals surface area contributed by atoms with Gasteiger partial charge >= 0.3 is 5.97 Å². The maximum Gasteiger partial charge on any atom is 0.354 e. The number of aliphatic carboxylic acids is 1. The van der Waals surface area contributed by atoms with E-state index in [1.807, 2.05) is 90.9 Å². The highest BCUT2D eigenvalue weighted by atomic mass is 32.2. The van der Waals surface area contributed by atoms with Gasteiger partial charge in [-0.15, -0.1) is 0 Å². The summed E-state index contributed by atoms with van der Waals surface area (Å²) in [5, 5.41) is 17.3. The molecule has 2 aliphatic heterocycles. The van der Waals surface area contributed by atoms with Gasteiger partial charge in [0, 0.05) is 39.1 Å². The number of carboxylic acid groups (broad SMARTS) is 1. The Morgan fingerprint density at radius 3 is 2.12 bits per heavy atom. The van der Waals surface area contributed by atoms with Crippen LogP contribution in [0, 0.1) is 23.7 Å². The molecule has 2 aliphatic rings. The lowest BCUT2D eigenvalue weighted by molar-refractivity contribution is -0.148. The Bertz CT molecular complexity index is 1600. The second-order valence-corrected chi connectivity index (χ2v) is 18.6. The zero-order chi connectivity index (χ0) is 43.4. The fourth-order valence-corrected chi connectivity index (χ4v) is 10.2. The molecule has 0 spiro atoms. The molecule has 326 valence electrons. The lowest BCUT2D eigenvalue weighted by Crippen LogP contribution is -2.59. The number of carboxylic acids is 1. The third kappa shape index (κ3) is 12.4. The van der Waals surface area contributed by atoms with Gasteiger partial charge in [0.25, 0.3) is 0 Å². The summed E-state index contributed by atoms with van der Waals surface area (Å²) < 4.78 is 12.1. The summed E-state index contributed by atoms with van der Waals surface area (Å²) in [6.07, 6.45) is 0.882. The minimum Gasteiger partial charge on any atom is -0.476 e. The van der Waals surface area contributed by atoms with E-state index in [-0.39, 0.29) is 59.5 Å². The average Bonchev–Trinajstić information content (AvgIpc) is 3.87. The average molecular weight is 831 g/mol. The molecule has 1 aromatic rings. The van der Waals surface area contributed by atoms with Crippen molar-refractivity contribution in [2.45, 2.75) is 117 Å². The number of hydrogen-bond acceptors (Lipinski definition) is 9. The number of benzene rings is 1. The molecule has 15 heteroatoms. The zero-order valence-corrected chi connectivity index (χ0v) is 37.6. The van der Waals surface area contributed by atoms with Gasteiger partial charge in [-0.25, -0.2) is 9.79 Å². The monoisotopic (exact) mass is 830 g/mol. The van der Waals surface area contributed by atoms with Crippen LogP contribution in [0.5, 0.6) is 0 Å². The number of nitrogens with zero attached hydrogens (tertiary/aromatic N) is 4. The van der Waals surface area contributed by atoms with Gasteiger partial charge in [-0.2, -0.15) is 10.9 Å². The fourth-order valence-electron chi connectivity index (χ4n) is 8.42. The SMILES string of the molecule is CC[C@H](C)[C@@H]([C@@H](CC(=O)N1CCC[C@H]1[C@H](OC)[C@H](C)C(=O)N[C@H](C[SH]1C=NC(C(=O)O)=C1)c1ccccc1)OC)N(C)C(=O)[C@@H](NC(=O)[C@H](C(C)C)N(C)C)C(C)C. The number of likely N-dealkylation sites (N-methyl/N-ethyl adjacent to an activating group) is 2. The number of hydrogen-bond donors (Lipinski definition) is 4. The minimum absolute atomic E-state index is 0.0103. The maximum atomic E-state index is 14.3. The lowest BCUT2D eigenvalue weighted by Gasteiger charge is -2.41. The van der Waals surface area contributed by atoms with Crippen LogP contribution >= 0.6 is 10.9 Å². The highest BCUT2D eigenvalue weighted by Gasteiger charge is 2.43. The lowest BCUT2D eigenvalue weighted by atomic mass is 9.89. The largest absolute Gasteiger partial charge is 0.476 e. The number of carbonyl (C=O) groups excluding carboxylic acids is 4. The molecule has 14 nitrogen and oxygen atoms in total. The van der Waals surface area contributed by atoms with E-state index < -0.39 is 59.2 Å². The maximum absolute atomic E-state index is 14.3. The molecule has 1 fully saturated rings. The van der Waals surface area contributed by atoms with Crippen LogP contribution in [0.25, 0.3) is 0 Å². The molecule has 1 saturated heterocycles. The van der Waals surface area contributed by atoms with Crippen LogP contribution in [0.2, 0.25) is 0 Å². The van der Waals surface area contributed by atoms with Crippen LogP contribution in [-0.4, -0.2) is 139 Å². The predicted octanol–water partition coefficient (Wildman–Crippen LogP) is 4.46. The Morgan fingerprint density at radius 2 is 1.60 bits per heavy atom. The number of ether oxygens (including phenoxy) is 2. The number of amides is 4. The Kier molecular flexibility index (Phi) is 18.9. The van der Waals surface area contributed by atoms with Crippen LogP contribution in [-0.2, 0) is 33.4 Å². The summed E-state index contributed by atoms with van der Waals surface area (Å²) in [6, 6.07) is 7.14. The molecule has 0 saturated carbocycles. The normalized spacial score (nSPS) is 21.5. The summed E-state index contributed by atoms with van der Waals surface area (Å²) in [4.78, 5) is 77.0. The number of rotatable bonds is 22. The molecular weight excluding hydrogens is 761 g/mol. The van der Waals surface area contributed by atoms with Crippen molar-refractivity contribution in [2.75, 3.05) is 47.7 Å². The van der Waals surface area contributed by atoms with Crippen molar-refractivity contribution in [3.8, 4) is 0 Å². The van der Waals surface area contributed by atoms with E-state index in [2.05, 4.69) is 15.6 Å². The summed E-state index contributed by atoms with van der Waals surface area (Å²) >= 11 is 0. The van der Waals surface area contributed by atoms with E-state index in [9.17, 15) is 29.1 Å². The first-order valence-corrected chi connectivity index (χ1v) is 22.2. The number of carbonyl (C=O) groups is 5. The Balaban J connectivity index is 1.80. The molecule has 10 atom stereocenters. The summed E-state index contributed by atoms with van der Waals surface area (Å²) in [6.45, 7) is 14.2. The van der Waals surface area contributed by atoms with E-state index >= 15 is 0 Å². The quantitative estimate of drug-likeness (QED) is 0.123. The van der Waals surface area contributed by atoms with Crippen LogP contribution < -0.4 is 10.6 Å². The summed E-state index contributed by atoms with van der Waals surface area (Å²) in [7, 11) is 7.54. The predicted molar refractivity (Wildman–Crippen MR) is 231 cm³/mol. The minimum atomic E-state index is -1.08. The molecule has 3 N–H and O–H groups in total. The third-order valence-electron chi connectivity index (χ3n) is 11.7. The third-order valence-corrected chi connectivity index (χ3v) is 13.5. The fraction of sp³-hybridized carbons (Fsp3) is 0.674. The van der Waals surface area contributed by atoms with Crippen molar-refractivity contribution in [3.63, 3.8) is 0 Å². The highest BCUT2D eigenvalue weighted by molar-refractivity contribution is 8.31. The Morgan fingerprint density at radius 1 is 0.948 bits per heavy atom. The van der Waals surface area contributed by atoms with Crippen LogP contribution in [0.1, 0.15) is 85.8 Å². The van der Waals surface area contributed by atoms with Gasteiger partial charge in [-0.1, -0.05) is 85.2 Å². The molecule has 0 bridgehead atoms. The first-order chi connectivity index (χ1) is 27.4. The molecule has 58 heavy (non-hydrogen) atoms. The number of likely N-dealkylation sites (tertiary alicyclic amines) is 1. The molecule has 3 rings (SSSR count). The van der Waals surface area contributed by atoms with Gasteiger partial charge in [0.15, 0.2) is 5.70 Å². The smallest absolute Gasteiger partial charge is 0.354 e. The van der Waals surface area contributed by atoms with Gasteiger partial charge in [-0.3, -0.25) is 24.1 Å². The van der Waals surface area contributed by atoms with Crippen molar-refractivity contribution in [1.82, 2.24) is 25.3 Å². The summed E-state index contributed by atoms with van der Waals surface area (Å²) in [5.74, 6) is -2.26. The second-order valence-electron chi connectivity index (χ2n) is 16.7. The van der Waals surface area contributed by atoms with E-state index in [1.165, 1.54) is 0 Å². The van der Waals surface area contributed by atoms with Crippen LogP contribution in [0.3, 0.4) is 0 Å². The number of aliphatic imine (C=N–C) groups is 1. The van der Waals surface area contributed by atoms with Gasteiger partial charge in [0.1, 0.15) is 6.04 Å². The van der Waals surface area contributed by atoms with E-state index in [0.717, 1.165) is 18.4 Å². The van der Waals surface area contributed by atoms with Gasteiger partial charge in [0.05, 0.1) is 48.7 Å². The van der Waals surface area contributed by atoms with Gasteiger partial charge < -0.3 is 35.0 Å². The first kappa shape index (κ1) is 48.6. The molecule has 1 aromatic carbocycles. The standard InChI is InChI=1S/C43H70N6O8S/c1-13-28(6)38(48(10)42(53)36(26(2)3)46-41(52)37(27(4)5)47(8)9)34(56-11)22-35(50)49-21-17-20-33(49)39(57-12)29(7)40(51)45-31(30-18-15-14-16-19-30)23-58-24-32(43(54)55)44-25-58/h14-16,18-19,24-29,31,33-34,36-39,58H,13,17,20-23H2,1-12H3,(H,45,51)(H,46,52)(H,54,55)/t28-,29-,31+,33-,34+,36-,37-,38-,39+/m0/s1. The highest BCUT2D eigenvalue weighted by Crippen LogP contribution is 2.36.